The van der Waals surface area contributed by atoms with Crippen LogP contribution in [0, 0.1) is 6.92 Å². The molecule has 1 saturated heterocycles. The SMILES string of the molecule is Cc1ccccc1CN1CCCOC1. The Morgan fingerprint density at radius 1 is 1.36 bits per heavy atom. The summed E-state index contributed by atoms with van der Waals surface area (Å²) in [4.78, 5) is 2.35. The van der Waals surface area contributed by atoms with Gasteiger partial charge in [-0.15, -0.1) is 0 Å². The van der Waals surface area contributed by atoms with Crippen LogP contribution >= 0.6 is 0 Å². The average molecular weight is 191 g/mol. The number of ether oxygens (including phenoxy) is 1. The highest BCUT2D eigenvalue weighted by atomic mass is 16.5. The third-order valence-corrected chi connectivity index (χ3v) is 2.69. The lowest BCUT2D eigenvalue weighted by Gasteiger charge is -2.27. The summed E-state index contributed by atoms with van der Waals surface area (Å²) in [5.74, 6) is 0. The van der Waals surface area contributed by atoms with Crippen molar-refractivity contribution in [3.05, 3.63) is 35.4 Å². The van der Waals surface area contributed by atoms with Crippen molar-refractivity contribution in [2.45, 2.75) is 19.9 Å². The minimum atomic E-state index is 0.786. The van der Waals surface area contributed by atoms with Crippen LogP contribution in [0.2, 0.25) is 0 Å². The second-order valence-corrected chi connectivity index (χ2v) is 3.87. The fourth-order valence-corrected chi connectivity index (χ4v) is 1.80. The highest BCUT2D eigenvalue weighted by molar-refractivity contribution is 5.25. The van der Waals surface area contributed by atoms with E-state index in [9.17, 15) is 0 Å². The Hall–Kier alpha value is -0.860. The van der Waals surface area contributed by atoms with E-state index >= 15 is 0 Å². The Morgan fingerprint density at radius 2 is 2.21 bits per heavy atom. The lowest BCUT2D eigenvalue weighted by Crippen LogP contribution is -2.32. The largest absolute Gasteiger partial charge is 0.366 e. The van der Waals surface area contributed by atoms with E-state index < -0.39 is 0 Å². The Balaban J connectivity index is 1.99. The molecular formula is C12H17NO. The van der Waals surface area contributed by atoms with Gasteiger partial charge in [0.2, 0.25) is 0 Å². The molecule has 2 heteroatoms. The van der Waals surface area contributed by atoms with E-state index in [0.29, 0.717) is 0 Å². The first-order valence-electron chi connectivity index (χ1n) is 5.21. The van der Waals surface area contributed by atoms with Gasteiger partial charge in [-0.1, -0.05) is 24.3 Å². The first-order chi connectivity index (χ1) is 6.86. The standard InChI is InChI=1S/C12H17NO/c1-11-5-2-3-6-12(11)9-13-7-4-8-14-10-13/h2-3,5-6H,4,7-10H2,1H3. The Kier molecular flexibility index (Phi) is 3.17. The van der Waals surface area contributed by atoms with Gasteiger partial charge in [0.05, 0.1) is 6.73 Å². The van der Waals surface area contributed by atoms with E-state index in [0.717, 1.165) is 32.8 Å². The summed E-state index contributed by atoms with van der Waals surface area (Å²) in [6, 6.07) is 8.56. The summed E-state index contributed by atoms with van der Waals surface area (Å²) < 4.78 is 5.42. The van der Waals surface area contributed by atoms with Gasteiger partial charge < -0.3 is 4.74 Å². The molecule has 0 spiro atoms. The van der Waals surface area contributed by atoms with Crippen molar-refractivity contribution in [1.82, 2.24) is 4.90 Å². The summed E-state index contributed by atoms with van der Waals surface area (Å²) >= 11 is 0. The molecule has 1 aromatic carbocycles. The quantitative estimate of drug-likeness (QED) is 0.710. The molecule has 14 heavy (non-hydrogen) atoms. The Labute approximate surface area is 85.5 Å². The summed E-state index contributed by atoms with van der Waals surface area (Å²) in [6.07, 6.45) is 1.16. The molecule has 0 aliphatic carbocycles. The Bertz CT molecular complexity index is 292. The molecule has 1 fully saturated rings. The zero-order valence-electron chi connectivity index (χ0n) is 8.70. The predicted octanol–water partition coefficient (Wildman–Crippen LogP) is 2.17. The van der Waals surface area contributed by atoms with Gasteiger partial charge in [0, 0.05) is 19.7 Å². The molecular weight excluding hydrogens is 174 g/mol. The number of benzene rings is 1. The smallest absolute Gasteiger partial charge is 0.0993 e. The van der Waals surface area contributed by atoms with Crippen LogP contribution < -0.4 is 0 Å². The monoisotopic (exact) mass is 191 g/mol. The summed E-state index contributed by atoms with van der Waals surface area (Å²) in [5.41, 5.74) is 2.79. The molecule has 0 aromatic heterocycles. The fraction of sp³-hybridized carbons (Fsp3) is 0.500. The fourth-order valence-electron chi connectivity index (χ4n) is 1.80. The van der Waals surface area contributed by atoms with Gasteiger partial charge in [0.15, 0.2) is 0 Å². The lowest BCUT2D eigenvalue weighted by atomic mass is 10.1. The van der Waals surface area contributed by atoms with Gasteiger partial charge in [-0.25, -0.2) is 0 Å². The first-order valence-corrected chi connectivity index (χ1v) is 5.21. The van der Waals surface area contributed by atoms with Gasteiger partial charge in [-0.2, -0.15) is 0 Å². The first kappa shape index (κ1) is 9.69. The molecule has 76 valence electrons. The van der Waals surface area contributed by atoms with Gasteiger partial charge in [0.1, 0.15) is 0 Å². The molecule has 1 aromatic rings. The number of hydrogen-bond acceptors (Lipinski definition) is 2. The molecule has 0 amide bonds. The van der Waals surface area contributed by atoms with Crippen LogP contribution in [-0.2, 0) is 11.3 Å². The summed E-state index contributed by atoms with van der Waals surface area (Å²) in [7, 11) is 0. The van der Waals surface area contributed by atoms with Crippen molar-refractivity contribution in [1.29, 1.82) is 0 Å². The highest BCUT2D eigenvalue weighted by Crippen LogP contribution is 2.12. The van der Waals surface area contributed by atoms with Crippen LogP contribution in [0.4, 0.5) is 0 Å². The van der Waals surface area contributed by atoms with Crippen LogP contribution in [-0.4, -0.2) is 24.8 Å². The molecule has 0 atom stereocenters. The summed E-state index contributed by atoms with van der Waals surface area (Å²) in [5, 5.41) is 0. The molecule has 0 unspecified atom stereocenters. The maximum absolute atomic E-state index is 5.42. The van der Waals surface area contributed by atoms with Crippen LogP contribution in [0.3, 0.4) is 0 Å². The normalized spacial score (nSPS) is 18.4. The third kappa shape index (κ3) is 2.34. The maximum Gasteiger partial charge on any atom is 0.0993 e. The molecule has 1 aliphatic heterocycles. The van der Waals surface area contributed by atoms with E-state index in [2.05, 4.69) is 36.1 Å². The lowest BCUT2D eigenvalue weighted by molar-refractivity contribution is -0.0177. The Morgan fingerprint density at radius 3 is 2.93 bits per heavy atom. The minimum absolute atomic E-state index is 0.786. The van der Waals surface area contributed by atoms with E-state index in [1.165, 1.54) is 11.1 Å². The summed E-state index contributed by atoms with van der Waals surface area (Å²) in [6.45, 7) is 6.06. The van der Waals surface area contributed by atoms with Crippen LogP contribution in [0.5, 0.6) is 0 Å². The molecule has 0 saturated carbocycles. The van der Waals surface area contributed by atoms with Crippen molar-refractivity contribution in [2.75, 3.05) is 19.9 Å². The second-order valence-electron chi connectivity index (χ2n) is 3.87. The number of rotatable bonds is 2. The van der Waals surface area contributed by atoms with Crippen molar-refractivity contribution >= 4 is 0 Å². The minimum Gasteiger partial charge on any atom is -0.366 e. The van der Waals surface area contributed by atoms with Crippen molar-refractivity contribution in [2.24, 2.45) is 0 Å². The van der Waals surface area contributed by atoms with Crippen molar-refractivity contribution in [3.63, 3.8) is 0 Å². The molecule has 0 N–H and O–H groups in total. The van der Waals surface area contributed by atoms with E-state index in [1.807, 2.05) is 0 Å². The topological polar surface area (TPSA) is 12.5 Å². The average Bonchev–Trinajstić information content (AvgIpc) is 2.23. The van der Waals surface area contributed by atoms with Crippen molar-refractivity contribution < 1.29 is 4.74 Å². The molecule has 1 heterocycles. The number of aryl methyl sites for hydroxylation is 1. The van der Waals surface area contributed by atoms with Gasteiger partial charge in [-0.3, -0.25) is 4.90 Å². The van der Waals surface area contributed by atoms with E-state index in [1.54, 1.807) is 0 Å². The third-order valence-electron chi connectivity index (χ3n) is 2.69. The molecule has 0 bridgehead atoms. The molecule has 0 radical (unpaired) electrons. The van der Waals surface area contributed by atoms with Gasteiger partial charge in [-0.05, 0) is 24.5 Å². The second kappa shape index (κ2) is 4.58. The van der Waals surface area contributed by atoms with Gasteiger partial charge in [0.25, 0.3) is 0 Å². The maximum atomic E-state index is 5.42. The zero-order valence-corrected chi connectivity index (χ0v) is 8.70. The van der Waals surface area contributed by atoms with Crippen LogP contribution in [0.1, 0.15) is 17.5 Å². The van der Waals surface area contributed by atoms with E-state index in [4.69, 9.17) is 4.74 Å². The zero-order chi connectivity index (χ0) is 9.80. The molecule has 2 nitrogen and oxygen atoms in total. The highest BCUT2D eigenvalue weighted by Gasteiger charge is 2.10. The predicted molar refractivity (Wildman–Crippen MR) is 57.0 cm³/mol. The van der Waals surface area contributed by atoms with E-state index in [-0.39, 0.29) is 0 Å². The molecule has 1 aliphatic rings. The number of hydrogen-bond donors (Lipinski definition) is 0. The number of nitrogens with zero attached hydrogens (tertiary/aromatic N) is 1. The molecule has 2 rings (SSSR count). The van der Waals surface area contributed by atoms with Crippen molar-refractivity contribution in [3.8, 4) is 0 Å². The van der Waals surface area contributed by atoms with Gasteiger partial charge >= 0.3 is 0 Å². The van der Waals surface area contributed by atoms with Crippen LogP contribution in [0.15, 0.2) is 24.3 Å². The van der Waals surface area contributed by atoms with Crippen LogP contribution in [0.25, 0.3) is 0 Å².